The van der Waals surface area contributed by atoms with Gasteiger partial charge in [0.15, 0.2) is 0 Å². The first-order valence-electron chi connectivity index (χ1n) is 6.55. The first-order chi connectivity index (χ1) is 9.63. The highest BCUT2D eigenvalue weighted by Crippen LogP contribution is 2.26. The number of benzene rings is 1. The molecule has 2 rings (SSSR count). The number of rotatable bonds is 6. The first-order valence-corrected chi connectivity index (χ1v) is 6.55. The van der Waals surface area contributed by atoms with E-state index in [2.05, 4.69) is 12.0 Å². The van der Waals surface area contributed by atoms with Crippen LogP contribution in [0, 0.1) is 0 Å². The van der Waals surface area contributed by atoms with Crippen molar-refractivity contribution >= 4 is 5.97 Å². The maximum absolute atomic E-state index is 10.9. The molecule has 0 saturated carbocycles. The van der Waals surface area contributed by atoms with Crippen LogP contribution in [0.15, 0.2) is 30.6 Å². The van der Waals surface area contributed by atoms with Gasteiger partial charge in [0.05, 0.1) is 19.7 Å². The monoisotopic (exact) mass is 274 g/mol. The summed E-state index contributed by atoms with van der Waals surface area (Å²) in [4.78, 5) is 10.9. The molecule has 0 saturated heterocycles. The summed E-state index contributed by atoms with van der Waals surface area (Å²) in [7, 11) is 1.54. The minimum atomic E-state index is -0.873. The average molecular weight is 274 g/mol. The van der Waals surface area contributed by atoms with Crippen molar-refractivity contribution < 1.29 is 14.6 Å². The van der Waals surface area contributed by atoms with Gasteiger partial charge in [0.25, 0.3) is 0 Å². The number of aliphatic carboxylic acids is 1. The fourth-order valence-corrected chi connectivity index (χ4v) is 2.12. The molecule has 1 heterocycles. The summed E-state index contributed by atoms with van der Waals surface area (Å²) < 4.78 is 7.08. The van der Waals surface area contributed by atoms with Gasteiger partial charge in [-0.1, -0.05) is 13.0 Å². The SMILES string of the molecule is CCCn1cc(-c2ccc(OC)c(CC(=O)O)c2)cn1. The lowest BCUT2D eigenvalue weighted by molar-refractivity contribution is -0.136. The normalized spacial score (nSPS) is 10.5. The lowest BCUT2D eigenvalue weighted by Gasteiger charge is -2.08. The molecule has 0 aliphatic rings. The zero-order valence-electron chi connectivity index (χ0n) is 11.7. The number of hydrogen-bond acceptors (Lipinski definition) is 3. The largest absolute Gasteiger partial charge is 0.496 e. The summed E-state index contributed by atoms with van der Waals surface area (Å²) in [6.07, 6.45) is 4.73. The molecule has 20 heavy (non-hydrogen) atoms. The van der Waals surface area contributed by atoms with Gasteiger partial charge in [-0.05, 0) is 24.1 Å². The van der Waals surface area contributed by atoms with Crippen molar-refractivity contribution in [3.63, 3.8) is 0 Å². The predicted octanol–water partition coefficient (Wildman–Crippen LogP) is 2.60. The molecule has 0 fully saturated rings. The second-order valence-electron chi connectivity index (χ2n) is 4.59. The van der Waals surface area contributed by atoms with Crippen LogP contribution in [0.5, 0.6) is 5.75 Å². The van der Waals surface area contributed by atoms with E-state index >= 15 is 0 Å². The maximum Gasteiger partial charge on any atom is 0.307 e. The number of nitrogens with zero attached hydrogens (tertiary/aromatic N) is 2. The predicted molar refractivity (Wildman–Crippen MR) is 75.8 cm³/mol. The zero-order valence-corrected chi connectivity index (χ0v) is 11.7. The molecule has 2 aromatic rings. The molecule has 0 bridgehead atoms. The van der Waals surface area contributed by atoms with Gasteiger partial charge in [-0.3, -0.25) is 9.48 Å². The molecule has 0 unspecified atom stereocenters. The van der Waals surface area contributed by atoms with Gasteiger partial charge in [0.2, 0.25) is 0 Å². The van der Waals surface area contributed by atoms with E-state index in [-0.39, 0.29) is 6.42 Å². The van der Waals surface area contributed by atoms with Gasteiger partial charge < -0.3 is 9.84 Å². The van der Waals surface area contributed by atoms with E-state index in [0.29, 0.717) is 11.3 Å². The van der Waals surface area contributed by atoms with Crippen LogP contribution >= 0.6 is 0 Å². The minimum absolute atomic E-state index is 0.0554. The maximum atomic E-state index is 10.9. The summed E-state index contributed by atoms with van der Waals surface area (Å²) in [5.41, 5.74) is 2.60. The van der Waals surface area contributed by atoms with Crippen molar-refractivity contribution in [2.45, 2.75) is 26.3 Å². The third-order valence-corrected chi connectivity index (χ3v) is 3.04. The highest BCUT2D eigenvalue weighted by molar-refractivity contribution is 5.73. The molecule has 5 heteroatoms. The molecular weight excluding hydrogens is 256 g/mol. The Morgan fingerprint density at radius 2 is 2.20 bits per heavy atom. The van der Waals surface area contributed by atoms with E-state index in [4.69, 9.17) is 9.84 Å². The molecule has 0 radical (unpaired) electrons. The molecule has 0 spiro atoms. The van der Waals surface area contributed by atoms with Crippen LogP contribution in [0.4, 0.5) is 0 Å². The molecule has 1 aromatic heterocycles. The number of carboxylic acids is 1. The summed E-state index contributed by atoms with van der Waals surface area (Å²) in [5, 5.41) is 13.2. The first kappa shape index (κ1) is 14.1. The van der Waals surface area contributed by atoms with Crippen LogP contribution in [0.3, 0.4) is 0 Å². The minimum Gasteiger partial charge on any atom is -0.496 e. The molecule has 1 N–H and O–H groups in total. The molecule has 0 aliphatic carbocycles. The number of carboxylic acid groups (broad SMARTS) is 1. The summed E-state index contributed by atoms with van der Waals surface area (Å²) in [5.74, 6) is -0.278. The van der Waals surface area contributed by atoms with E-state index in [1.165, 1.54) is 0 Å². The van der Waals surface area contributed by atoms with Gasteiger partial charge in [-0.25, -0.2) is 0 Å². The Morgan fingerprint density at radius 3 is 2.85 bits per heavy atom. The number of carbonyl (C=O) groups is 1. The van der Waals surface area contributed by atoms with Crippen molar-refractivity contribution in [1.82, 2.24) is 9.78 Å². The standard InChI is InChI=1S/C15H18N2O3/c1-3-6-17-10-13(9-16-17)11-4-5-14(20-2)12(7-11)8-15(18)19/h4-5,7,9-10H,3,6,8H2,1-2H3,(H,18,19). The highest BCUT2D eigenvalue weighted by Gasteiger charge is 2.10. The Kier molecular flexibility index (Phi) is 4.40. The topological polar surface area (TPSA) is 64.3 Å². The smallest absolute Gasteiger partial charge is 0.307 e. The third kappa shape index (κ3) is 3.17. The van der Waals surface area contributed by atoms with Gasteiger partial charge in [-0.15, -0.1) is 0 Å². The van der Waals surface area contributed by atoms with Crippen LogP contribution < -0.4 is 4.74 Å². The van der Waals surface area contributed by atoms with Crippen molar-refractivity contribution in [1.29, 1.82) is 0 Å². The van der Waals surface area contributed by atoms with Crippen molar-refractivity contribution in [2.24, 2.45) is 0 Å². The Morgan fingerprint density at radius 1 is 1.40 bits per heavy atom. The third-order valence-electron chi connectivity index (χ3n) is 3.04. The molecule has 106 valence electrons. The van der Waals surface area contributed by atoms with Crippen molar-refractivity contribution in [3.05, 3.63) is 36.2 Å². The van der Waals surface area contributed by atoms with Crippen LogP contribution in [-0.4, -0.2) is 28.0 Å². The molecule has 1 aromatic carbocycles. The van der Waals surface area contributed by atoms with Gasteiger partial charge >= 0.3 is 5.97 Å². The van der Waals surface area contributed by atoms with Gasteiger partial charge in [0.1, 0.15) is 5.75 Å². The van der Waals surface area contributed by atoms with Crippen LogP contribution in [0.2, 0.25) is 0 Å². The van der Waals surface area contributed by atoms with E-state index in [1.807, 2.05) is 23.0 Å². The molecular formula is C15H18N2O3. The molecule has 5 nitrogen and oxygen atoms in total. The molecule has 0 amide bonds. The van der Waals surface area contributed by atoms with Crippen LogP contribution in [0.25, 0.3) is 11.1 Å². The van der Waals surface area contributed by atoms with E-state index in [0.717, 1.165) is 24.1 Å². The van der Waals surface area contributed by atoms with E-state index in [9.17, 15) is 4.79 Å². The lowest BCUT2D eigenvalue weighted by Crippen LogP contribution is -2.02. The molecule has 0 atom stereocenters. The van der Waals surface area contributed by atoms with Crippen molar-refractivity contribution in [3.8, 4) is 16.9 Å². The fourth-order valence-electron chi connectivity index (χ4n) is 2.12. The highest BCUT2D eigenvalue weighted by atomic mass is 16.5. The second-order valence-corrected chi connectivity index (χ2v) is 4.59. The molecule has 0 aliphatic heterocycles. The Balaban J connectivity index is 2.33. The number of aryl methyl sites for hydroxylation is 1. The summed E-state index contributed by atoms with van der Waals surface area (Å²) >= 11 is 0. The van der Waals surface area contributed by atoms with Crippen LogP contribution in [0.1, 0.15) is 18.9 Å². The number of hydrogen-bond donors (Lipinski definition) is 1. The van der Waals surface area contributed by atoms with Gasteiger partial charge in [-0.2, -0.15) is 5.10 Å². The number of aromatic nitrogens is 2. The van der Waals surface area contributed by atoms with Gasteiger partial charge in [0, 0.05) is 23.9 Å². The quantitative estimate of drug-likeness (QED) is 0.879. The number of methoxy groups -OCH3 is 1. The average Bonchev–Trinajstić information content (AvgIpc) is 2.87. The Labute approximate surface area is 117 Å². The zero-order chi connectivity index (χ0) is 14.5. The fraction of sp³-hybridized carbons (Fsp3) is 0.333. The van der Waals surface area contributed by atoms with Crippen molar-refractivity contribution in [2.75, 3.05) is 7.11 Å². The van der Waals surface area contributed by atoms with Crippen LogP contribution in [-0.2, 0) is 17.8 Å². The number of ether oxygens (including phenoxy) is 1. The Bertz CT molecular complexity index is 605. The second kappa shape index (κ2) is 6.23. The Hall–Kier alpha value is -2.30. The summed E-state index contributed by atoms with van der Waals surface area (Å²) in [6.45, 7) is 2.97. The lowest BCUT2D eigenvalue weighted by atomic mass is 10.0. The van der Waals surface area contributed by atoms with E-state index in [1.54, 1.807) is 19.4 Å². The summed E-state index contributed by atoms with van der Waals surface area (Å²) in [6, 6.07) is 5.56. The van der Waals surface area contributed by atoms with E-state index < -0.39 is 5.97 Å².